The highest BCUT2D eigenvalue weighted by molar-refractivity contribution is 5.81. The van der Waals surface area contributed by atoms with E-state index in [0.717, 1.165) is 71.0 Å². The van der Waals surface area contributed by atoms with Crippen LogP contribution >= 0.6 is 0 Å². The molecule has 0 spiro atoms. The Hall–Kier alpha value is -0.650. The average Bonchev–Trinajstić information content (AvgIpc) is 3.09. The Morgan fingerprint density at radius 2 is 1.59 bits per heavy atom. The third-order valence-corrected chi connectivity index (χ3v) is 5.61. The first-order chi connectivity index (χ1) is 10.6. The van der Waals surface area contributed by atoms with Crippen LogP contribution < -0.4 is 0 Å². The second-order valence-electron chi connectivity index (χ2n) is 7.17. The molecule has 1 unspecified atom stereocenters. The van der Waals surface area contributed by atoms with Gasteiger partial charge in [-0.2, -0.15) is 0 Å². The number of likely N-dealkylation sites (tertiary alicyclic amines) is 2. The fourth-order valence-corrected chi connectivity index (χ4v) is 3.88. The monoisotopic (exact) mass is 310 g/mol. The summed E-state index contributed by atoms with van der Waals surface area (Å²) < 4.78 is 11.2. The molecule has 0 aromatic rings. The van der Waals surface area contributed by atoms with E-state index in [0.29, 0.717) is 11.8 Å². The van der Waals surface area contributed by atoms with E-state index in [1.54, 1.807) is 0 Å². The normalized spacial score (nSPS) is 28.2. The molecule has 126 valence electrons. The summed E-state index contributed by atoms with van der Waals surface area (Å²) in [6, 6.07) is 0.0137. The molecule has 5 nitrogen and oxygen atoms in total. The molecular weight excluding hydrogens is 280 g/mol. The molecule has 0 aromatic carbocycles. The summed E-state index contributed by atoms with van der Waals surface area (Å²) >= 11 is 0. The summed E-state index contributed by atoms with van der Waals surface area (Å²) in [5.41, 5.74) is 0. The molecule has 1 amide bonds. The highest BCUT2D eigenvalue weighted by Gasteiger charge is 2.34. The molecule has 3 aliphatic rings. The van der Waals surface area contributed by atoms with Crippen LogP contribution in [0.5, 0.6) is 0 Å². The predicted octanol–water partition coefficient (Wildman–Crippen LogP) is 1.72. The van der Waals surface area contributed by atoms with Gasteiger partial charge >= 0.3 is 0 Å². The van der Waals surface area contributed by atoms with E-state index in [2.05, 4.69) is 23.6 Å². The first-order valence-corrected chi connectivity index (χ1v) is 8.91. The lowest BCUT2D eigenvalue weighted by Gasteiger charge is -2.39. The molecule has 0 radical (unpaired) electrons. The van der Waals surface area contributed by atoms with E-state index in [4.69, 9.17) is 9.47 Å². The summed E-state index contributed by atoms with van der Waals surface area (Å²) in [5.74, 6) is 1.58. The minimum Gasteiger partial charge on any atom is -0.350 e. The lowest BCUT2D eigenvalue weighted by Crippen LogP contribution is -2.52. The first kappa shape index (κ1) is 16.2. The van der Waals surface area contributed by atoms with Gasteiger partial charge in [0.05, 0.1) is 19.3 Å². The summed E-state index contributed by atoms with van der Waals surface area (Å²) in [6.45, 7) is 9.64. The van der Waals surface area contributed by atoms with Crippen LogP contribution in [0.2, 0.25) is 0 Å². The maximum atomic E-state index is 12.7. The van der Waals surface area contributed by atoms with E-state index in [-0.39, 0.29) is 12.3 Å². The molecular formula is C17H30N2O3. The van der Waals surface area contributed by atoms with Crippen LogP contribution in [-0.4, -0.2) is 67.4 Å². The number of rotatable bonds is 3. The van der Waals surface area contributed by atoms with Crippen molar-refractivity contribution in [1.82, 2.24) is 9.80 Å². The van der Waals surface area contributed by atoms with Gasteiger partial charge in [-0.1, -0.05) is 6.92 Å². The maximum Gasteiger partial charge on any atom is 0.239 e. The molecule has 3 aliphatic heterocycles. The standard InChI is InChI=1S/C17H30N2O3/c1-13-3-7-19(8-4-13)16(20)14(2)18-9-5-15(6-10-18)17-21-11-12-22-17/h13-15,17H,3-12H2,1-2H3. The SMILES string of the molecule is CC1CCN(C(=O)C(C)N2CCC(C3OCCO3)CC2)CC1. The van der Waals surface area contributed by atoms with Crippen molar-refractivity contribution in [2.45, 2.75) is 51.9 Å². The van der Waals surface area contributed by atoms with Crippen molar-refractivity contribution in [1.29, 1.82) is 0 Å². The third kappa shape index (κ3) is 3.63. The number of hydrogen-bond donors (Lipinski definition) is 0. The van der Waals surface area contributed by atoms with Crippen molar-refractivity contribution < 1.29 is 14.3 Å². The minimum atomic E-state index is -0.00302. The van der Waals surface area contributed by atoms with Gasteiger partial charge in [-0.15, -0.1) is 0 Å². The van der Waals surface area contributed by atoms with Gasteiger partial charge in [-0.05, 0) is 51.6 Å². The highest BCUT2D eigenvalue weighted by atomic mass is 16.7. The van der Waals surface area contributed by atoms with E-state index in [9.17, 15) is 4.79 Å². The molecule has 0 aliphatic carbocycles. The van der Waals surface area contributed by atoms with Gasteiger partial charge in [-0.3, -0.25) is 9.69 Å². The van der Waals surface area contributed by atoms with Crippen molar-refractivity contribution in [3.63, 3.8) is 0 Å². The van der Waals surface area contributed by atoms with E-state index in [1.165, 1.54) is 0 Å². The Morgan fingerprint density at radius 1 is 1.00 bits per heavy atom. The average molecular weight is 310 g/mol. The number of carbonyl (C=O) groups excluding carboxylic acids is 1. The van der Waals surface area contributed by atoms with Gasteiger partial charge in [0.15, 0.2) is 6.29 Å². The van der Waals surface area contributed by atoms with Crippen molar-refractivity contribution in [2.24, 2.45) is 11.8 Å². The van der Waals surface area contributed by atoms with E-state index >= 15 is 0 Å². The van der Waals surface area contributed by atoms with Crippen LogP contribution in [0.3, 0.4) is 0 Å². The Morgan fingerprint density at radius 3 is 2.18 bits per heavy atom. The summed E-state index contributed by atoms with van der Waals surface area (Å²) in [5, 5.41) is 0. The minimum absolute atomic E-state index is 0.00302. The van der Waals surface area contributed by atoms with Crippen molar-refractivity contribution >= 4 is 5.91 Å². The number of carbonyl (C=O) groups is 1. The molecule has 0 saturated carbocycles. The Balaban J connectivity index is 1.46. The van der Waals surface area contributed by atoms with Gasteiger partial charge in [0, 0.05) is 19.0 Å². The lowest BCUT2D eigenvalue weighted by atomic mass is 9.94. The van der Waals surface area contributed by atoms with Crippen molar-refractivity contribution in [3.8, 4) is 0 Å². The highest BCUT2D eigenvalue weighted by Crippen LogP contribution is 2.27. The predicted molar refractivity (Wildman–Crippen MR) is 84.4 cm³/mol. The summed E-state index contributed by atoms with van der Waals surface area (Å²) in [6.07, 6.45) is 4.43. The molecule has 0 aromatic heterocycles. The third-order valence-electron chi connectivity index (χ3n) is 5.61. The molecule has 22 heavy (non-hydrogen) atoms. The quantitative estimate of drug-likeness (QED) is 0.796. The van der Waals surface area contributed by atoms with Gasteiger partial charge in [-0.25, -0.2) is 0 Å². The zero-order valence-corrected chi connectivity index (χ0v) is 14.0. The Kier molecular flexibility index (Phi) is 5.37. The fraction of sp³-hybridized carbons (Fsp3) is 0.941. The molecule has 5 heteroatoms. The number of nitrogens with zero attached hydrogens (tertiary/aromatic N) is 2. The van der Waals surface area contributed by atoms with Gasteiger partial charge in [0.2, 0.25) is 5.91 Å². The van der Waals surface area contributed by atoms with Gasteiger partial charge < -0.3 is 14.4 Å². The first-order valence-electron chi connectivity index (χ1n) is 8.91. The molecule has 1 atom stereocenters. The summed E-state index contributed by atoms with van der Waals surface area (Å²) in [7, 11) is 0. The Bertz CT molecular complexity index is 368. The Labute approximate surface area is 133 Å². The van der Waals surface area contributed by atoms with Crippen LogP contribution in [0.4, 0.5) is 0 Å². The van der Waals surface area contributed by atoms with Crippen molar-refractivity contribution in [3.05, 3.63) is 0 Å². The fourth-order valence-electron chi connectivity index (χ4n) is 3.88. The molecule has 3 rings (SSSR count). The topological polar surface area (TPSA) is 42.0 Å². The van der Waals surface area contributed by atoms with Crippen LogP contribution in [0.1, 0.15) is 39.5 Å². The number of hydrogen-bond acceptors (Lipinski definition) is 4. The second kappa shape index (κ2) is 7.28. The zero-order chi connectivity index (χ0) is 15.5. The lowest BCUT2D eigenvalue weighted by molar-refractivity contribution is -0.139. The number of piperidine rings is 2. The molecule has 0 bridgehead atoms. The smallest absolute Gasteiger partial charge is 0.239 e. The maximum absolute atomic E-state index is 12.7. The van der Waals surface area contributed by atoms with Crippen LogP contribution in [0.25, 0.3) is 0 Å². The van der Waals surface area contributed by atoms with Gasteiger partial charge in [0.1, 0.15) is 0 Å². The van der Waals surface area contributed by atoms with E-state index in [1.807, 2.05) is 0 Å². The van der Waals surface area contributed by atoms with Crippen molar-refractivity contribution in [2.75, 3.05) is 39.4 Å². The molecule has 3 fully saturated rings. The summed E-state index contributed by atoms with van der Waals surface area (Å²) in [4.78, 5) is 17.1. The molecule has 3 heterocycles. The number of amides is 1. The zero-order valence-electron chi connectivity index (χ0n) is 14.0. The van der Waals surface area contributed by atoms with Crippen LogP contribution in [-0.2, 0) is 14.3 Å². The van der Waals surface area contributed by atoms with Crippen LogP contribution in [0.15, 0.2) is 0 Å². The molecule has 3 saturated heterocycles. The van der Waals surface area contributed by atoms with Crippen LogP contribution in [0, 0.1) is 11.8 Å². The van der Waals surface area contributed by atoms with Gasteiger partial charge in [0.25, 0.3) is 0 Å². The van der Waals surface area contributed by atoms with E-state index < -0.39 is 0 Å². The largest absolute Gasteiger partial charge is 0.350 e. The number of ether oxygens (including phenoxy) is 2. The second-order valence-corrected chi connectivity index (χ2v) is 7.17. The molecule has 0 N–H and O–H groups in total.